The first-order chi connectivity index (χ1) is 24.0. The Morgan fingerprint density at radius 3 is 0.500 bits per heavy atom. The second-order valence-corrected chi connectivity index (χ2v) is 12.4. The molecule has 0 heterocycles. The molecule has 0 saturated carbocycles. The predicted octanol–water partition coefficient (Wildman–Crippen LogP) is 5.54. The summed E-state index contributed by atoms with van der Waals surface area (Å²) in [6.45, 7) is 0. The van der Waals surface area contributed by atoms with Gasteiger partial charge in [-0.1, -0.05) is 0 Å². The Morgan fingerprint density at radius 1 is 0.280 bits per heavy atom. The van der Waals surface area contributed by atoms with Crippen molar-refractivity contribution in [1.82, 2.24) is 0 Å². The summed E-state index contributed by atoms with van der Waals surface area (Å²) in [6.07, 6.45) is 2.28. The molecule has 10 nitrogen and oxygen atoms in total. The first-order valence-corrected chi connectivity index (χ1v) is 15.5. The zero-order chi connectivity index (χ0) is 35.7. The van der Waals surface area contributed by atoms with E-state index in [0.29, 0.717) is 31.4 Å². The van der Waals surface area contributed by atoms with Gasteiger partial charge in [0.15, 0.2) is 0 Å². The fourth-order valence-electron chi connectivity index (χ4n) is 6.65. The smallest absolute Gasteiger partial charge is 0.150 e. The minimum Gasteiger partial charge on any atom is -0.507 e. The van der Waals surface area contributed by atoms with E-state index in [1.54, 1.807) is 0 Å². The molecule has 5 N–H and O–H groups in total. The summed E-state index contributed by atoms with van der Waals surface area (Å²) in [4.78, 5) is 60.0. The number of carbonyl (C=O) groups excluding carboxylic acids is 5. The zero-order valence-electron chi connectivity index (χ0n) is 26.5. The van der Waals surface area contributed by atoms with Gasteiger partial charge in [-0.3, -0.25) is 24.0 Å². The van der Waals surface area contributed by atoms with Crippen LogP contribution in [0.3, 0.4) is 0 Å². The number of hydrogen-bond donors (Lipinski definition) is 5. The van der Waals surface area contributed by atoms with Gasteiger partial charge in [0.25, 0.3) is 0 Å². The number of rotatable bonds is 5. The van der Waals surface area contributed by atoms with Gasteiger partial charge in [-0.05, 0) is 116 Å². The molecule has 1 aliphatic rings. The van der Waals surface area contributed by atoms with Crippen molar-refractivity contribution in [3.8, 4) is 28.7 Å². The number of aromatic hydroxyl groups is 5. The lowest BCUT2D eigenvalue weighted by Crippen LogP contribution is -2.04. The summed E-state index contributed by atoms with van der Waals surface area (Å²) in [5, 5.41) is 57.2. The third-order valence-electron chi connectivity index (χ3n) is 9.04. The maximum atomic E-state index is 12.0. The molecular formula is C40H30O10. The lowest BCUT2D eigenvalue weighted by molar-refractivity contribution is 0.111. The first kappa shape index (κ1) is 33.4. The van der Waals surface area contributed by atoms with Gasteiger partial charge in [0, 0.05) is 59.9 Å². The molecule has 0 aliphatic heterocycles. The summed E-state index contributed by atoms with van der Waals surface area (Å²) in [5.74, 6) is -1.24. The Labute approximate surface area is 285 Å². The Morgan fingerprint density at radius 2 is 0.400 bits per heavy atom. The summed E-state index contributed by atoms with van der Waals surface area (Å²) < 4.78 is 0. The maximum absolute atomic E-state index is 12.0. The molecule has 0 spiro atoms. The van der Waals surface area contributed by atoms with E-state index in [9.17, 15) is 49.5 Å². The minimum atomic E-state index is -0.248. The van der Waals surface area contributed by atoms with E-state index in [1.807, 2.05) is 0 Å². The van der Waals surface area contributed by atoms with Crippen LogP contribution in [-0.2, 0) is 32.1 Å². The van der Waals surface area contributed by atoms with E-state index >= 15 is 0 Å². The molecule has 0 fully saturated rings. The normalized spacial score (nSPS) is 12.4. The van der Waals surface area contributed by atoms with Crippen LogP contribution in [0.2, 0.25) is 0 Å². The number of carbonyl (C=O) groups is 5. The Hall–Kier alpha value is -6.55. The zero-order valence-corrected chi connectivity index (χ0v) is 26.5. The van der Waals surface area contributed by atoms with Gasteiger partial charge in [-0.25, -0.2) is 0 Å². The second-order valence-electron chi connectivity index (χ2n) is 12.4. The number of hydrogen-bond acceptors (Lipinski definition) is 10. The van der Waals surface area contributed by atoms with Crippen molar-refractivity contribution in [2.24, 2.45) is 0 Å². The van der Waals surface area contributed by atoms with Crippen molar-refractivity contribution < 1.29 is 49.5 Å². The van der Waals surface area contributed by atoms with E-state index in [1.165, 1.54) is 60.7 Å². The minimum absolute atomic E-state index is 0.120. The monoisotopic (exact) mass is 670 g/mol. The van der Waals surface area contributed by atoms with Crippen LogP contribution in [0.4, 0.5) is 0 Å². The average Bonchev–Trinajstić information content (AvgIpc) is 3.11. The van der Waals surface area contributed by atoms with Crippen LogP contribution in [0.15, 0.2) is 60.7 Å². The summed E-state index contributed by atoms with van der Waals surface area (Å²) in [6, 6.07) is 14.3. The van der Waals surface area contributed by atoms with Crippen molar-refractivity contribution >= 4 is 31.4 Å². The molecule has 0 amide bonds. The molecule has 10 heteroatoms. The van der Waals surface area contributed by atoms with Crippen LogP contribution >= 0.6 is 0 Å². The highest BCUT2D eigenvalue weighted by Gasteiger charge is 2.22. The summed E-state index contributed by atoms with van der Waals surface area (Å²) in [7, 11) is 0. The van der Waals surface area contributed by atoms with E-state index in [2.05, 4.69) is 0 Å². The van der Waals surface area contributed by atoms with Gasteiger partial charge < -0.3 is 25.5 Å². The van der Waals surface area contributed by atoms with E-state index in [4.69, 9.17) is 0 Å². The van der Waals surface area contributed by atoms with Crippen LogP contribution < -0.4 is 0 Å². The summed E-state index contributed by atoms with van der Waals surface area (Å²) in [5.41, 5.74) is 3.17. The van der Waals surface area contributed by atoms with E-state index in [0.717, 1.165) is 0 Å². The van der Waals surface area contributed by atoms with Crippen molar-refractivity contribution in [2.75, 3.05) is 0 Å². The van der Waals surface area contributed by atoms with E-state index in [-0.39, 0.29) is 144 Å². The standard InChI is InChI=1S/C40H30O10/c41-16-21-1-26-11-28-3-22(17-42)4-30(37(28)47)13-31-7-24(19-44)8-34(39(31)49)15-35-10-25(20-45)9-33(40(35)50)14-32-6-23(18-43)5-29(38(32)48)12-27(2-21)36(26)46/h1-10,16-20,46-50H,11-15H2. The molecule has 0 unspecified atom stereocenters. The highest BCUT2D eigenvalue weighted by atomic mass is 16.3. The Balaban J connectivity index is 1.65. The molecule has 5 aromatic carbocycles. The second kappa shape index (κ2) is 13.5. The van der Waals surface area contributed by atoms with Gasteiger partial charge >= 0.3 is 0 Å². The van der Waals surface area contributed by atoms with Crippen molar-refractivity contribution in [1.29, 1.82) is 0 Å². The van der Waals surface area contributed by atoms with Gasteiger partial charge in [0.1, 0.15) is 60.2 Å². The Kier molecular flexibility index (Phi) is 9.02. The van der Waals surface area contributed by atoms with Crippen molar-refractivity contribution in [3.63, 3.8) is 0 Å². The predicted molar refractivity (Wildman–Crippen MR) is 182 cm³/mol. The highest BCUT2D eigenvalue weighted by molar-refractivity contribution is 5.81. The average molecular weight is 671 g/mol. The van der Waals surface area contributed by atoms with Crippen LogP contribution in [0.25, 0.3) is 0 Å². The first-order valence-electron chi connectivity index (χ1n) is 15.5. The SMILES string of the molecule is O=Cc1cc2c(O)c(c1)Cc1cc(C=O)cc(c1O)Cc1cc(C=O)cc(c1O)Cc1cc(C=O)cc(c1O)Cc1cc(C=O)cc(c1O)C2. The van der Waals surface area contributed by atoms with Gasteiger partial charge in [0.05, 0.1) is 0 Å². The quantitative estimate of drug-likeness (QED) is 0.146. The van der Waals surface area contributed by atoms with Crippen LogP contribution in [-0.4, -0.2) is 57.0 Å². The van der Waals surface area contributed by atoms with Crippen LogP contribution in [0.5, 0.6) is 28.7 Å². The van der Waals surface area contributed by atoms with Crippen LogP contribution in [0.1, 0.15) is 107 Å². The van der Waals surface area contributed by atoms with Gasteiger partial charge in [-0.15, -0.1) is 0 Å². The lowest BCUT2D eigenvalue weighted by Gasteiger charge is -2.18. The number of fused-ring (bicyclic) bond motifs is 10. The molecule has 0 atom stereocenters. The number of aldehydes is 5. The molecule has 1 aliphatic carbocycles. The topological polar surface area (TPSA) is 186 Å². The number of phenols is 5. The fourth-order valence-corrected chi connectivity index (χ4v) is 6.65. The van der Waals surface area contributed by atoms with Gasteiger partial charge in [0.2, 0.25) is 0 Å². The van der Waals surface area contributed by atoms with Crippen LogP contribution in [0, 0.1) is 0 Å². The third-order valence-corrected chi connectivity index (χ3v) is 9.04. The molecule has 0 aromatic heterocycles. The third kappa shape index (κ3) is 6.34. The fraction of sp³-hybridized carbons (Fsp3) is 0.125. The number of benzene rings is 5. The van der Waals surface area contributed by atoms with Gasteiger partial charge in [-0.2, -0.15) is 0 Å². The number of phenolic OH excluding ortho intramolecular Hbond substituents is 5. The molecule has 50 heavy (non-hydrogen) atoms. The Bertz CT molecular complexity index is 1760. The van der Waals surface area contributed by atoms with E-state index < -0.39 is 0 Å². The molecule has 10 bridgehead atoms. The molecule has 0 radical (unpaired) electrons. The lowest BCUT2D eigenvalue weighted by atomic mass is 9.89. The molecule has 250 valence electrons. The van der Waals surface area contributed by atoms with Crippen molar-refractivity contribution in [3.05, 3.63) is 144 Å². The summed E-state index contributed by atoms with van der Waals surface area (Å²) >= 11 is 0. The molecule has 6 rings (SSSR count). The molecular weight excluding hydrogens is 640 g/mol. The molecule has 5 aromatic rings. The maximum Gasteiger partial charge on any atom is 0.150 e. The van der Waals surface area contributed by atoms with Crippen molar-refractivity contribution in [2.45, 2.75) is 32.1 Å². The largest absolute Gasteiger partial charge is 0.507 e. The highest BCUT2D eigenvalue weighted by Crippen LogP contribution is 2.39. The molecule has 0 saturated heterocycles.